The Morgan fingerprint density at radius 1 is 1.21 bits per heavy atom. The molecule has 0 amide bonds. The highest BCUT2D eigenvalue weighted by atomic mass is 16.3. The zero-order valence-electron chi connectivity index (χ0n) is 11.8. The topological polar surface area (TPSA) is 36.4 Å². The molecule has 2 aliphatic rings. The van der Waals surface area contributed by atoms with Gasteiger partial charge in [-0.2, -0.15) is 0 Å². The van der Waals surface area contributed by atoms with Crippen LogP contribution in [0.5, 0.6) is 0 Å². The lowest BCUT2D eigenvalue weighted by molar-refractivity contribution is 0.194. The van der Waals surface area contributed by atoms with E-state index in [9.17, 15) is 5.11 Å². The minimum absolute atomic E-state index is 0.474. The highest BCUT2D eigenvalue weighted by Gasteiger charge is 2.31. The van der Waals surface area contributed by atoms with E-state index in [1.165, 1.54) is 44.3 Å². The third-order valence-electron chi connectivity index (χ3n) is 4.86. The van der Waals surface area contributed by atoms with E-state index in [0.29, 0.717) is 0 Å². The Morgan fingerprint density at radius 2 is 2.00 bits per heavy atom. The van der Waals surface area contributed by atoms with Gasteiger partial charge in [-0.05, 0) is 43.7 Å². The van der Waals surface area contributed by atoms with E-state index in [1.807, 2.05) is 12.3 Å². The second-order valence-corrected chi connectivity index (χ2v) is 6.16. The van der Waals surface area contributed by atoms with E-state index >= 15 is 0 Å². The average molecular weight is 260 g/mol. The van der Waals surface area contributed by atoms with Crippen LogP contribution in [0.1, 0.15) is 50.8 Å². The third-order valence-corrected chi connectivity index (χ3v) is 4.86. The number of aliphatic hydroxyl groups excluding tert-OH is 1. The van der Waals surface area contributed by atoms with Gasteiger partial charge < -0.3 is 10.0 Å². The molecule has 3 heteroatoms. The first-order valence-electron chi connectivity index (χ1n) is 7.63. The molecule has 19 heavy (non-hydrogen) atoms. The van der Waals surface area contributed by atoms with Gasteiger partial charge in [0.15, 0.2) is 0 Å². The Labute approximate surface area is 115 Å². The lowest BCUT2D eigenvalue weighted by atomic mass is 9.75. The van der Waals surface area contributed by atoms with E-state index in [2.05, 4.69) is 16.0 Å². The predicted molar refractivity (Wildman–Crippen MR) is 77.1 cm³/mol. The monoisotopic (exact) mass is 260 g/mol. The van der Waals surface area contributed by atoms with Gasteiger partial charge in [0.05, 0.1) is 23.7 Å². The Morgan fingerprint density at radius 3 is 2.68 bits per heavy atom. The summed E-state index contributed by atoms with van der Waals surface area (Å²) in [5.41, 5.74) is 1.98. The summed E-state index contributed by atoms with van der Waals surface area (Å²) >= 11 is 0. The van der Waals surface area contributed by atoms with Crippen LogP contribution in [-0.4, -0.2) is 23.2 Å². The molecule has 1 saturated carbocycles. The molecule has 3 rings (SSSR count). The largest absolute Gasteiger partial charge is 0.387 e. The number of aliphatic hydroxyl groups is 1. The zero-order valence-corrected chi connectivity index (χ0v) is 11.8. The molecule has 1 aromatic heterocycles. The van der Waals surface area contributed by atoms with Crippen molar-refractivity contribution in [2.75, 3.05) is 18.0 Å². The molecule has 3 nitrogen and oxygen atoms in total. The van der Waals surface area contributed by atoms with Gasteiger partial charge in [0, 0.05) is 13.1 Å². The van der Waals surface area contributed by atoms with Gasteiger partial charge in [0.2, 0.25) is 0 Å². The van der Waals surface area contributed by atoms with Crippen LogP contribution in [0.4, 0.5) is 5.69 Å². The van der Waals surface area contributed by atoms with Crippen molar-refractivity contribution in [2.24, 2.45) is 11.8 Å². The second kappa shape index (κ2) is 5.49. The van der Waals surface area contributed by atoms with Crippen molar-refractivity contribution in [3.05, 3.63) is 24.0 Å². The summed E-state index contributed by atoms with van der Waals surface area (Å²) < 4.78 is 0. The van der Waals surface area contributed by atoms with Crippen molar-refractivity contribution in [1.82, 2.24) is 4.98 Å². The molecular weight excluding hydrogens is 236 g/mol. The Balaban J connectivity index is 1.69. The quantitative estimate of drug-likeness (QED) is 0.887. The van der Waals surface area contributed by atoms with Gasteiger partial charge >= 0.3 is 0 Å². The fraction of sp³-hybridized carbons (Fsp3) is 0.688. The van der Waals surface area contributed by atoms with Crippen molar-refractivity contribution < 1.29 is 5.11 Å². The summed E-state index contributed by atoms with van der Waals surface area (Å²) in [6.45, 7) is 4.12. The molecule has 1 aromatic rings. The molecule has 2 fully saturated rings. The van der Waals surface area contributed by atoms with Crippen LogP contribution in [0.3, 0.4) is 0 Å². The van der Waals surface area contributed by atoms with Crippen molar-refractivity contribution in [3.8, 4) is 0 Å². The smallest absolute Gasteiger partial charge is 0.0931 e. The molecule has 1 saturated heterocycles. The number of fused-ring (bicyclic) bond motifs is 1. The molecule has 0 radical (unpaired) electrons. The van der Waals surface area contributed by atoms with E-state index < -0.39 is 6.10 Å². The minimum Gasteiger partial charge on any atom is -0.387 e. The first-order chi connectivity index (χ1) is 9.24. The number of hydrogen-bond donors (Lipinski definition) is 1. The lowest BCUT2D eigenvalue weighted by Crippen LogP contribution is -2.41. The van der Waals surface area contributed by atoms with Gasteiger partial charge in [-0.25, -0.2) is 0 Å². The van der Waals surface area contributed by atoms with E-state index in [0.717, 1.165) is 24.1 Å². The van der Waals surface area contributed by atoms with Gasteiger partial charge in [-0.1, -0.05) is 19.3 Å². The van der Waals surface area contributed by atoms with Crippen molar-refractivity contribution in [1.29, 1.82) is 0 Å². The van der Waals surface area contributed by atoms with Crippen molar-refractivity contribution in [2.45, 2.75) is 45.1 Å². The van der Waals surface area contributed by atoms with Gasteiger partial charge in [-0.3, -0.25) is 4.98 Å². The summed E-state index contributed by atoms with van der Waals surface area (Å²) in [5.74, 6) is 1.86. The fourth-order valence-corrected chi connectivity index (χ4v) is 3.67. The van der Waals surface area contributed by atoms with Crippen molar-refractivity contribution >= 4 is 5.69 Å². The van der Waals surface area contributed by atoms with Gasteiger partial charge in [-0.15, -0.1) is 0 Å². The van der Waals surface area contributed by atoms with Crippen LogP contribution in [0.25, 0.3) is 0 Å². The number of hydrogen-bond acceptors (Lipinski definition) is 3. The normalized spacial score (nSPS) is 28.8. The van der Waals surface area contributed by atoms with Crippen LogP contribution in [-0.2, 0) is 0 Å². The van der Waals surface area contributed by atoms with Crippen LogP contribution in [0, 0.1) is 11.8 Å². The molecule has 2 unspecified atom stereocenters. The molecule has 104 valence electrons. The first-order valence-corrected chi connectivity index (χ1v) is 7.63. The highest BCUT2D eigenvalue weighted by molar-refractivity contribution is 5.45. The first kappa shape index (κ1) is 12.9. The summed E-state index contributed by atoms with van der Waals surface area (Å²) in [4.78, 5) is 6.84. The number of aromatic nitrogens is 1. The average Bonchev–Trinajstić information content (AvgIpc) is 2.47. The number of rotatable bonds is 2. The van der Waals surface area contributed by atoms with E-state index in [-0.39, 0.29) is 0 Å². The number of anilines is 1. The van der Waals surface area contributed by atoms with Crippen LogP contribution in [0.2, 0.25) is 0 Å². The fourth-order valence-electron chi connectivity index (χ4n) is 3.67. The maximum Gasteiger partial charge on any atom is 0.0931 e. The summed E-state index contributed by atoms with van der Waals surface area (Å²) in [6.07, 6.45) is 8.48. The summed E-state index contributed by atoms with van der Waals surface area (Å²) in [5, 5.41) is 9.50. The maximum absolute atomic E-state index is 9.50. The minimum atomic E-state index is -0.474. The van der Waals surface area contributed by atoms with E-state index in [4.69, 9.17) is 0 Å². The number of pyridine rings is 1. The Bertz CT molecular complexity index is 415. The van der Waals surface area contributed by atoms with Crippen molar-refractivity contribution in [3.63, 3.8) is 0 Å². The SMILES string of the molecule is C[C@H](O)c1ccc(N2CCC3CCCCC3C2)cn1. The lowest BCUT2D eigenvalue weighted by Gasteiger charge is -2.42. The maximum atomic E-state index is 9.50. The predicted octanol–water partition coefficient (Wildman–Crippen LogP) is 3.15. The molecule has 1 N–H and O–H groups in total. The molecule has 0 aromatic carbocycles. The standard InChI is InChI=1S/C16H24N2O/c1-12(19)16-7-6-15(10-17-16)18-9-8-13-4-2-3-5-14(13)11-18/h6-7,10,12-14,19H,2-5,8-9,11H2,1H3/t12-,13?,14?/m0/s1. The molecule has 3 atom stereocenters. The molecule has 0 spiro atoms. The van der Waals surface area contributed by atoms with Crippen LogP contribution >= 0.6 is 0 Å². The van der Waals surface area contributed by atoms with Gasteiger partial charge in [0.1, 0.15) is 0 Å². The van der Waals surface area contributed by atoms with Gasteiger partial charge in [0.25, 0.3) is 0 Å². The van der Waals surface area contributed by atoms with Crippen LogP contribution in [0.15, 0.2) is 18.3 Å². The summed E-state index contributed by atoms with van der Waals surface area (Å²) in [6, 6.07) is 4.06. The van der Waals surface area contributed by atoms with E-state index in [1.54, 1.807) is 6.92 Å². The molecule has 0 bridgehead atoms. The second-order valence-electron chi connectivity index (χ2n) is 6.16. The molecule has 1 aliphatic carbocycles. The summed E-state index contributed by atoms with van der Waals surface area (Å²) in [7, 11) is 0. The zero-order chi connectivity index (χ0) is 13.2. The van der Waals surface area contributed by atoms with Crippen LogP contribution < -0.4 is 4.90 Å². The number of piperidine rings is 1. The third kappa shape index (κ3) is 2.76. The number of nitrogens with zero attached hydrogens (tertiary/aromatic N) is 2. The Hall–Kier alpha value is -1.09. The molecule has 2 heterocycles. The molecule has 1 aliphatic heterocycles. The molecular formula is C16H24N2O. The highest BCUT2D eigenvalue weighted by Crippen LogP contribution is 2.37. The Kier molecular flexibility index (Phi) is 3.74.